The number of aromatic nitrogens is 1. The first kappa shape index (κ1) is 15.6. The summed E-state index contributed by atoms with van der Waals surface area (Å²) in [7, 11) is 0. The van der Waals surface area contributed by atoms with Crippen molar-refractivity contribution in [2.45, 2.75) is 39.0 Å². The lowest BCUT2D eigenvalue weighted by molar-refractivity contribution is 0.0303. The largest absolute Gasteiger partial charge is 0.378 e. The number of morpholine rings is 1. The highest BCUT2D eigenvalue weighted by atomic mass is 16.5. The van der Waals surface area contributed by atoms with Crippen molar-refractivity contribution in [3.8, 4) is 0 Å². The number of nitrogens with zero attached hydrogens (tertiary/aromatic N) is 2. The van der Waals surface area contributed by atoms with Crippen LogP contribution in [0, 0.1) is 6.92 Å². The number of amides is 1. The number of fused-ring (bicyclic) bond motifs is 2. The smallest absolute Gasteiger partial charge is 0.255 e. The lowest BCUT2D eigenvalue weighted by atomic mass is 9.95. The molecule has 0 unspecified atom stereocenters. The second-order valence-corrected chi connectivity index (χ2v) is 6.90. The van der Waals surface area contributed by atoms with Gasteiger partial charge in [0.05, 0.1) is 24.3 Å². The van der Waals surface area contributed by atoms with Crippen LogP contribution in [0.4, 0.5) is 0 Å². The van der Waals surface area contributed by atoms with Crippen LogP contribution in [0.2, 0.25) is 0 Å². The summed E-state index contributed by atoms with van der Waals surface area (Å²) in [5.74, 6) is 0.162. The van der Waals surface area contributed by atoms with E-state index < -0.39 is 0 Å². The first-order valence-corrected chi connectivity index (χ1v) is 9.03. The lowest BCUT2D eigenvalue weighted by Crippen LogP contribution is -2.41. The minimum Gasteiger partial charge on any atom is -0.378 e. The van der Waals surface area contributed by atoms with Gasteiger partial charge < -0.3 is 9.64 Å². The summed E-state index contributed by atoms with van der Waals surface area (Å²) >= 11 is 0. The molecule has 2 heterocycles. The summed E-state index contributed by atoms with van der Waals surface area (Å²) in [4.78, 5) is 20.2. The van der Waals surface area contributed by atoms with Crippen LogP contribution in [-0.2, 0) is 17.6 Å². The van der Waals surface area contributed by atoms with Crippen molar-refractivity contribution in [2.24, 2.45) is 0 Å². The second-order valence-electron chi connectivity index (χ2n) is 6.90. The number of hydrogen-bond acceptors (Lipinski definition) is 3. The molecule has 24 heavy (non-hydrogen) atoms. The molecule has 1 saturated heterocycles. The van der Waals surface area contributed by atoms with Gasteiger partial charge in [-0.1, -0.05) is 18.1 Å². The Kier molecular flexibility index (Phi) is 4.23. The number of pyridine rings is 1. The van der Waals surface area contributed by atoms with Crippen LogP contribution in [0.25, 0.3) is 10.9 Å². The minimum atomic E-state index is 0.162. The Morgan fingerprint density at radius 1 is 1.12 bits per heavy atom. The van der Waals surface area contributed by atoms with Crippen molar-refractivity contribution in [3.63, 3.8) is 0 Å². The molecule has 1 aromatic heterocycles. The maximum absolute atomic E-state index is 13.4. The van der Waals surface area contributed by atoms with E-state index in [0.29, 0.717) is 26.3 Å². The first-order valence-electron chi connectivity index (χ1n) is 9.03. The van der Waals surface area contributed by atoms with Gasteiger partial charge in [0.2, 0.25) is 0 Å². The molecule has 126 valence electrons. The van der Waals surface area contributed by atoms with Crippen molar-refractivity contribution in [2.75, 3.05) is 26.3 Å². The van der Waals surface area contributed by atoms with Crippen LogP contribution < -0.4 is 0 Å². The van der Waals surface area contributed by atoms with Crippen molar-refractivity contribution >= 4 is 16.8 Å². The van der Waals surface area contributed by atoms with E-state index in [9.17, 15) is 4.79 Å². The lowest BCUT2D eigenvalue weighted by Gasteiger charge is -2.28. The van der Waals surface area contributed by atoms with Gasteiger partial charge in [-0.3, -0.25) is 9.78 Å². The Morgan fingerprint density at radius 3 is 2.75 bits per heavy atom. The molecular formula is C20H24N2O2. The molecule has 1 fully saturated rings. The molecule has 2 aromatic rings. The molecule has 0 radical (unpaired) electrons. The summed E-state index contributed by atoms with van der Waals surface area (Å²) in [6.45, 7) is 4.71. The van der Waals surface area contributed by atoms with E-state index in [2.05, 4.69) is 25.1 Å². The van der Waals surface area contributed by atoms with Crippen molar-refractivity contribution in [1.82, 2.24) is 9.88 Å². The zero-order valence-electron chi connectivity index (χ0n) is 14.3. The zero-order valence-corrected chi connectivity index (χ0v) is 14.3. The summed E-state index contributed by atoms with van der Waals surface area (Å²) in [6, 6.07) is 6.27. The SMILES string of the molecule is Cc1ccc2nc3c(c(C(=O)N4CCOCC4)c2c1)CCCCC3. The first-order chi connectivity index (χ1) is 11.7. The fourth-order valence-corrected chi connectivity index (χ4v) is 3.88. The van der Waals surface area contributed by atoms with E-state index in [0.717, 1.165) is 41.4 Å². The molecule has 1 aliphatic carbocycles. The van der Waals surface area contributed by atoms with Gasteiger partial charge in [0.1, 0.15) is 0 Å². The van der Waals surface area contributed by atoms with E-state index in [1.54, 1.807) is 0 Å². The van der Waals surface area contributed by atoms with E-state index in [4.69, 9.17) is 9.72 Å². The molecule has 0 spiro atoms. The summed E-state index contributed by atoms with van der Waals surface area (Å²) in [6.07, 6.45) is 5.50. The van der Waals surface area contributed by atoms with Gasteiger partial charge in [-0.2, -0.15) is 0 Å². The fourth-order valence-electron chi connectivity index (χ4n) is 3.88. The maximum atomic E-state index is 13.4. The molecule has 0 saturated carbocycles. The third-order valence-corrected chi connectivity index (χ3v) is 5.18. The molecule has 0 atom stereocenters. The van der Waals surface area contributed by atoms with Gasteiger partial charge in [-0.05, 0) is 50.3 Å². The monoisotopic (exact) mass is 324 g/mol. The Balaban J connectivity index is 1.91. The number of carbonyl (C=O) groups excluding carboxylic acids is 1. The van der Waals surface area contributed by atoms with Gasteiger partial charge in [0.15, 0.2) is 0 Å². The Bertz CT molecular complexity index is 779. The third-order valence-electron chi connectivity index (χ3n) is 5.18. The van der Waals surface area contributed by atoms with Gasteiger partial charge in [0, 0.05) is 24.2 Å². The number of carbonyl (C=O) groups is 1. The minimum absolute atomic E-state index is 0.162. The van der Waals surface area contributed by atoms with Gasteiger partial charge in [-0.25, -0.2) is 0 Å². The van der Waals surface area contributed by atoms with Crippen LogP contribution in [0.5, 0.6) is 0 Å². The highest BCUT2D eigenvalue weighted by Crippen LogP contribution is 2.30. The fraction of sp³-hybridized carbons (Fsp3) is 0.500. The molecule has 4 heteroatoms. The van der Waals surface area contributed by atoms with Crippen LogP contribution in [0.1, 0.15) is 46.4 Å². The highest BCUT2D eigenvalue weighted by molar-refractivity contribution is 6.08. The van der Waals surface area contributed by atoms with Gasteiger partial charge >= 0.3 is 0 Å². The molecule has 4 rings (SSSR count). The molecule has 1 amide bonds. The van der Waals surface area contributed by atoms with Crippen molar-refractivity contribution < 1.29 is 9.53 Å². The summed E-state index contributed by atoms with van der Waals surface area (Å²) < 4.78 is 5.42. The van der Waals surface area contributed by atoms with Gasteiger partial charge in [0.25, 0.3) is 5.91 Å². The molecule has 1 aromatic carbocycles. The number of rotatable bonds is 1. The van der Waals surface area contributed by atoms with E-state index in [-0.39, 0.29) is 5.91 Å². The Morgan fingerprint density at radius 2 is 1.92 bits per heavy atom. The van der Waals surface area contributed by atoms with Crippen LogP contribution in [-0.4, -0.2) is 42.1 Å². The van der Waals surface area contributed by atoms with E-state index in [1.807, 2.05) is 4.90 Å². The average Bonchev–Trinajstić information content (AvgIpc) is 2.85. The molecular weight excluding hydrogens is 300 g/mol. The normalized spacial score (nSPS) is 18.3. The zero-order chi connectivity index (χ0) is 16.5. The number of benzene rings is 1. The van der Waals surface area contributed by atoms with Crippen LogP contribution >= 0.6 is 0 Å². The number of hydrogen-bond donors (Lipinski definition) is 0. The predicted molar refractivity (Wildman–Crippen MR) is 94.5 cm³/mol. The highest BCUT2D eigenvalue weighted by Gasteiger charge is 2.26. The molecule has 4 nitrogen and oxygen atoms in total. The quantitative estimate of drug-likeness (QED) is 0.756. The van der Waals surface area contributed by atoms with Crippen molar-refractivity contribution in [1.29, 1.82) is 0 Å². The predicted octanol–water partition coefficient (Wildman–Crippen LogP) is 3.28. The number of ether oxygens (including phenoxy) is 1. The standard InChI is InChI=1S/C20H24N2O2/c1-14-7-8-18-16(13-14)19(20(23)22-9-11-24-12-10-22)15-5-3-2-4-6-17(15)21-18/h7-8,13H,2-6,9-12H2,1H3. The molecule has 0 N–H and O–H groups in total. The van der Waals surface area contributed by atoms with Crippen molar-refractivity contribution in [3.05, 3.63) is 40.6 Å². The maximum Gasteiger partial charge on any atom is 0.255 e. The Hall–Kier alpha value is -1.94. The van der Waals surface area contributed by atoms with E-state index in [1.165, 1.54) is 24.0 Å². The third kappa shape index (κ3) is 2.80. The summed E-state index contributed by atoms with van der Waals surface area (Å²) in [5.41, 5.74) is 5.37. The topological polar surface area (TPSA) is 42.4 Å². The molecule has 2 aliphatic rings. The van der Waals surface area contributed by atoms with E-state index >= 15 is 0 Å². The molecule has 1 aliphatic heterocycles. The summed E-state index contributed by atoms with van der Waals surface area (Å²) in [5, 5.41) is 1.02. The molecule has 0 bridgehead atoms. The number of aryl methyl sites for hydroxylation is 2. The second kappa shape index (κ2) is 6.52. The van der Waals surface area contributed by atoms with Crippen LogP contribution in [0.3, 0.4) is 0 Å². The Labute approximate surface area is 142 Å². The average molecular weight is 324 g/mol. The van der Waals surface area contributed by atoms with Crippen LogP contribution in [0.15, 0.2) is 18.2 Å². The van der Waals surface area contributed by atoms with Gasteiger partial charge in [-0.15, -0.1) is 0 Å².